The smallest absolute Gasteiger partial charge is 0.114 e. The minimum absolute atomic E-state index is 0.743. The summed E-state index contributed by atoms with van der Waals surface area (Å²) in [5.41, 5.74) is 0. The fraction of sp³-hybridized carbons (Fsp3) is 1.00. The summed E-state index contributed by atoms with van der Waals surface area (Å²) in [6.45, 7) is 2.64. The van der Waals surface area contributed by atoms with E-state index in [0.29, 0.717) is 0 Å². The van der Waals surface area contributed by atoms with Gasteiger partial charge in [0.15, 0.2) is 0 Å². The molecule has 0 aromatic rings. The van der Waals surface area contributed by atoms with E-state index < -0.39 is 0 Å². The molecule has 0 atom stereocenters. The molecular weight excluding hydrogens is 479 g/mol. The van der Waals surface area contributed by atoms with Crippen LogP contribution in [0.5, 0.6) is 0 Å². The lowest BCUT2D eigenvalue weighted by atomic mass is 10.1. The van der Waals surface area contributed by atoms with E-state index in [1.807, 2.05) is 0 Å². The van der Waals surface area contributed by atoms with Crippen molar-refractivity contribution < 1.29 is 0 Å². The van der Waals surface area contributed by atoms with Crippen molar-refractivity contribution in [3.05, 3.63) is 0 Å². The van der Waals surface area contributed by atoms with Crippen molar-refractivity contribution in [2.45, 2.75) is 19.2 Å². The zero-order valence-corrected chi connectivity index (χ0v) is 13.2. The Hall–Kier alpha value is 2.15. The Morgan fingerprint density at radius 1 is 1.00 bits per heavy atom. The number of hydrogen-bond acceptors (Lipinski definition) is 1. The van der Waals surface area contributed by atoms with Gasteiger partial charge in [0.2, 0.25) is 0 Å². The molecule has 1 aliphatic rings. The molecule has 0 radical (unpaired) electrons. The molecule has 11 heavy (non-hydrogen) atoms. The average molecular weight is 493 g/mol. The number of piperidine rings is 1. The maximum Gasteiger partial charge on any atom is 0.114 e. The van der Waals surface area contributed by atoms with E-state index in [2.05, 4.69) is 79.7 Å². The molecular formula is C7H14I3N. The third kappa shape index (κ3) is 12.1. The van der Waals surface area contributed by atoms with Crippen LogP contribution >= 0.6 is 67.8 Å². The molecule has 0 unspecified atom stereocenters. The Morgan fingerprint density at radius 2 is 1.36 bits per heavy atom. The van der Waals surface area contributed by atoms with Crippen molar-refractivity contribution in [3.8, 4) is 0 Å². The SMILES string of the molecule is CN1CCCCC1.IC(I)I. The predicted octanol–water partition coefficient (Wildman–Crippen LogP) is 3.68. The lowest BCUT2D eigenvalue weighted by Crippen LogP contribution is -2.24. The van der Waals surface area contributed by atoms with Gasteiger partial charge in [-0.3, -0.25) is 0 Å². The fourth-order valence-electron chi connectivity index (χ4n) is 1.05. The van der Waals surface area contributed by atoms with E-state index in [9.17, 15) is 0 Å². The number of hydrogen-bond donors (Lipinski definition) is 0. The third-order valence-electron chi connectivity index (χ3n) is 1.58. The molecule has 0 aliphatic carbocycles. The predicted molar refractivity (Wildman–Crippen MR) is 77.2 cm³/mol. The van der Waals surface area contributed by atoms with Crippen molar-refractivity contribution in [1.29, 1.82) is 0 Å². The zero-order chi connectivity index (χ0) is 8.69. The number of rotatable bonds is 0. The van der Waals surface area contributed by atoms with E-state index in [-0.39, 0.29) is 0 Å². The monoisotopic (exact) mass is 493 g/mol. The first-order chi connectivity index (χ1) is 5.13. The van der Waals surface area contributed by atoms with E-state index in [1.54, 1.807) is 0 Å². The number of nitrogens with zero attached hydrogens (tertiary/aromatic N) is 1. The van der Waals surface area contributed by atoms with Crippen LogP contribution in [0, 0.1) is 0 Å². The van der Waals surface area contributed by atoms with Crippen LogP contribution in [0.25, 0.3) is 0 Å². The normalized spacial score (nSPS) is 19.4. The van der Waals surface area contributed by atoms with Gasteiger partial charge in [0, 0.05) is 0 Å². The molecule has 1 heterocycles. The van der Waals surface area contributed by atoms with Crippen LogP contribution < -0.4 is 0 Å². The van der Waals surface area contributed by atoms with Crippen LogP contribution in [0.2, 0.25) is 0 Å². The molecule has 1 aliphatic heterocycles. The average Bonchev–Trinajstić information content (AvgIpc) is 1.87. The highest BCUT2D eigenvalue weighted by molar-refractivity contribution is 14.3. The minimum Gasteiger partial charge on any atom is -0.306 e. The second-order valence-electron chi connectivity index (χ2n) is 2.61. The first-order valence-electron chi connectivity index (χ1n) is 3.73. The molecule has 0 aromatic carbocycles. The lowest BCUT2D eigenvalue weighted by Gasteiger charge is -2.20. The van der Waals surface area contributed by atoms with Gasteiger partial charge in [0.05, 0.1) is 0 Å². The lowest BCUT2D eigenvalue weighted by molar-refractivity contribution is 0.277. The zero-order valence-electron chi connectivity index (χ0n) is 6.69. The van der Waals surface area contributed by atoms with Crippen molar-refractivity contribution >= 4 is 67.8 Å². The van der Waals surface area contributed by atoms with Crippen molar-refractivity contribution in [2.24, 2.45) is 0 Å². The van der Waals surface area contributed by atoms with Crippen LogP contribution in [-0.2, 0) is 0 Å². The Bertz CT molecular complexity index is 79.0. The van der Waals surface area contributed by atoms with Crippen LogP contribution in [0.15, 0.2) is 0 Å². The molecule has 1 rings (SSSR count). The van der Waals surface area contributed by atoms with E-state index in [0.717, 1.165) is -0.0619 Å². The van der Waals surface area contributed by atoms with Crippen LogP contribution in [0.1, 0.15) is 19.3 Å². The van der Waals surface area contributed by atoms with Gasteiger partial charge in [-0.2, -0.15) is 0 Å². The quantitative estimate of drug-likeness (QED) is 0.368. The number of likely N-dealkylation sites (tertiary alicyclic amines) is 1. The molecule has 0 bridgehead atoms. The van der Waals surface area contributed by atoms with Gasteiger partial charge in [0.1, 0.15) is -0.0619 Å². The van der Waals surface area contributed by atoms with Crippen molar-refractivity contribution in [3.63, 3.8) is 0 Å². The fourth-order valence-corrected chi connectivity index (χ4v) is 1.05. The Kier molecular flexibility index (Phi) is 10.4. The van der Waals surface area contributed by atoms with Crippen LogP contribution in [0.4, 0.5) is 0 Å². The maximum absolute atomic E-state index is 2.39. The molecule has 4 heteroatoms. The molecule has 1 fully saturated rings. The van der Waals surface area contributed by atoms with Crippen LogP contribution in [-0.4, -0.2) is 25.0 Å². The highest BCUT2D eigenvalue weighted by Gasteiger charge is 2.02. The largest absolute Gasteiger partial charge is 0.306 e. The second kappa shape index (κ2) is 8.74. The first kappa shape index (κ1) is 13.2. The van der Waals surface area contributed by atoms with Gasteiger partial charge in [-0.05, 0) is 33.0 Å². The molecule has 0 spiro atoms. The van der Waals surface area contributed by atoms with Gasteiger partial charge in [-0.25, -0.2) is 0 Å². The number of halogens is 3. The summed E-state index contributed by atoms with van der Waals surface area (Å²) in [4.78, 5) is 2.39. The molecule has 0 amide bonds. The minimum atomic E-state index is 0.743. The third-order valence-corrected chi connectivity index (χ3v) is 1.58. The molecule has 1 nitrogen and oxygen atoms in total. The summed E-state index contributed by atoms with van der Waals surface area (Å²) in [6.07, 6.45) is 4.28. The first-order valence-corrected chi connectivity index (χ1v) is 7.47. The van der Waals surface area contributed by atoms with Gasteiger partial charge < -0.3 is 4.90 Å². The standard InChI is InChI=1S/C6H13N.CHI3/c1-7-5-3-2-4-6-7;2-1(3)4/h2-6H2,1H3;1H. The van der Waals surface area contributed by atoms with Gasteiger partial charge in [0.25, 0.3) is 0 Å². The van der Waals surface area contributed by atoms with Crippen molar-refractivity contribution in [2.75, 3.05) is 20.1 Å². The van der Waals surface area contributed by atoms with Crippen molar-refractivity contribution in [1.82, 2.24) is 4.90 Å². The molecule has 0 aromatic heterocycles. The van der Waals surface area contributed by atoms with E-state index in [1.165, 1.54) is 32.4 Å². The highest BCUT2D eigenvalue weighted by Crippen LogP contribution is 2.16. The summed E-state index contributed by atoms with van der Waals surface area (Å²) in [7, 11) is 2.19. The summed E-state index contributed by atoms with van der Waals surface area (Å²) >= 11 is 6.95. The maximum atomic E-state index is 2.39. The Balaban J connectivity index is 0.000000218. The Morgan fingerprint density at radius 3 is 1.55 bits per heavy atom. The molecule has 0 N–H and O–H groups in total. The molecule has 68 valence electrons. The van der Waals surface area contributed by atoms with Crippen LogP contribution in [0.3, 0.4) is 0 Å². The van der Waals surface area contributed by atoms with E-state index >= 15 is 0 Å². The van der Waals surface area contributed by atoms with Gasteiger partial charge in [-0.15, -0.1) is 0 Å². The van der Waals surface area contributed by atoms with Gasteiger partial charge >= 0.3 is 0 Å². The topological polar surface area (TPSA) is 3.24 Å². The summed E-state index contributed by atoms with van der Waals surface area (Å²) in [5, 5.41) is 0. The highest BCUT2D eigenvalue weighted by atomic mass is 127. The number of alkyl halides is 3. The molecule has 1 saturated heterocycles. The Labute approximate surface area is 110 Å². The summed E-state index contributed by atoms with van der Waals surface area (Å²) < 4.78 is 0.743. The second-order valence-corrected chi connectivity index (χ2v) is 13.5. The van der Waals surface area contributed by atoms with Gasteiger partial charge in [-0.1, -0.05) is 74.2 Å². The van der Waals surface area contributed by atoms with E-state index in [4.69, 9.17) is 0 Å². The summed E-state index contributed by atoms with van der Waals surface area (Å²) in [5.74, 6) is 0. The summed E-state index contributed by atoms with van der Waals surface area (Å²) in [6, 6.07) is 0. The molecule has 0 saturated carbocycles.